The Balaban J connectivity index is 3.21. The SMILES string of the molecule is N=S(N)(=O)c1ccn(F)n1. The monoisotopic (exact) mass is 164 g/mol. The van der Waals surface area contributed by atoms with Crippen molar-refractivity contribution in [2.45, 2.75) is 5.03 Å². The molecule has 0 radical (unpaired) electrons. The fourth-order valence-electron chi connectivity index (χ4n) is 0.448. The molecule has 1 atom stereocenters. The molecule has 10 heavy (non-hydrogen) atoms. The quantitative estimate of drug-likeness (QED) is 0.607. The topological polar surface area (TPSA) is 84.8 Å². The molecule has 1 unspecified atom stereocenters. The molecular weight excluding hydrogens is 159 g/mol. The summed E-state index contributed by atoms with van der Waals surface area (Å²) in [5, 5.41) is 7.61. The van der Waals surface area contributed by atoms with Crippen LogP contribution in [0.25, 0.3) is 0 Å². The summed E-state index contributed by atoms with van der Waals surface area (Å²) in [6.07, 6.45) is 0.927. The van der Waals surface area contributed by atoms with E-state index in [1.807, 2.05) is 0 Å². The molecule has 7 heteroatoms. The van der Waals surface area contributed by atoms with Gasteiger partial charge in [-0.15, -0.1) is 10.0 Å². The van der Waals surface area contributed by atoms with Crippen LogP contribution in [0, 0.1) is 4.78 Å². The standard InChI is InChI=1S/C3H5FN4OS/c4-8-2-1-3(7-8)10(5,6)9/h1-2H,(H3,5,6,9). The first-order valence-corrected chi connectivity index (χ1v) is 3.90. The number of hydrogen-bond donors (Lipinski definition) is 2. The van der Waals surface area contributed by atoms with Crippen molar-refractivity contribution in [2.75, 3.05) is 0 Å². The van der Waals surface area contributed by atoms with Gasteiger partial charge in [-0.25, -0.2) is 14.1 Å². The summed E-state index contributed by atoms with van der Waals surface area (Å²) in [6.45, 7) is 0. The summed E-state index contributed by atoms with van der Waals surface area (Å²) < 4.78 is 29.4. The molecule has 5 nitrogen and oxygen atoms in total. The molecule has 0 bridgehead atoms. The highest BCUT2D eigenvalue weighted by molar-refractivity contribution is 7.90. The van der Waals surface area contributed by atoms with Crippen molar-refractivity contribution < 1.29 is 8.69 Å². The average Bonchev–Trinajstić information content (AvgIpc) is 2.11. The average molecular weight is 164 g/mol. The lowest BCUT2D eigenvalue weighted by atomic mass is 10.8. The molecule has 0 saturated heterocycles. The minimum absolute atomic E-state index is 0.0453. The molecule has 56 valence electrons. The number of rotatable bonds is 1. The zero-order valence-electron chi connectivity index (χ0n) is 4.82. The van der Waals surface area contributed by atoms with E-state index in [2.05, 4.69) is 5.10 Å². The van der Waals surface area contributed by atoms with E-state index < -0.39 is 9.92 Å². The molecule has 0 aliphatic carbocycles. The lowest BCUT2D eigenvalue weighted by molar-refractivity contribution is 0.310. The van der Waals surface area contributed by atoms with Crippen LogP contribution in [0.5, 0.6) is 0 Å². The lowest BCUT2D eigenvalue weighted by Crippen LogP contribution is -2.10. The van der Waals surface area contributed by atoms with Gasteiger partial charge in [0.15, 0.2) is 14.9 Å². The van der Waals surface area contributed by atoms with Crippen molar-refractivity contribution in [1.29, 1.82) is 4.78 Å². The third-order valence-electron chi connectivity index (χ3n) is 0.845. The third kappa shape index (κ3) is 1.31. The number of aromatic nitrogens is 2. The molecule has 0 spiro atoms. The van der Waals surface area contributed by atoms with Gasteiger partial charge in [-0.3, -0.25) is 0 Å². The van der Waals surface area contributed by atoms with E-state index in [1.54, 1.807) is 0 Å². The molecule has 0 aliphatic rings. The number of hydrogen-bond acceptors (Lipinski definition) is 3. The Kier molecular flexibility index (Phi) is 1.45. The molecule has 3 N–H and O–H groups in total. The largest absolute Gasteiger partial charge is 0.240 e. The molecule has 0 aromatic carbocycles. The summed E-state index contributed by atoms with van der Waals surface area (Å²) in [6, 6.07) is 1.09. The molecule has 0 aliphatic heterocycles. The van der Waals surface area contributed by atoms with Crippen LogP contribution in [0.15, 0.2) is 17.3 Å². The van der Waals surface area contributed by atoms with Crippen LogP contribution in [-0.2, 0) is 9.92 Å². The van der Waals surface area contributed by atoms with Crippen molar-refractivity contribution in [3.8, 4) is 0 Å². The molecule has 0 saturated carbocycles. The first kappa shape index (κ1) is 7.16. The first-order chi connectivity index (χ1) is 4.50. The lowest BCUT2D eigenvalue weighted by Gasteiger charge is -1.90. The van der Waals surface area contributed by atoms with E-state index in [0.717, 1.165) is 12.3 Å². The van der Waals surface area contributed by atoms with E-state index in [0.29, 0.717) is 0 Å². The second-order valence-electron chi connectivity index (χ2n) is 1.64. The maximum atomic E-state index is 12.0. The van der Waals surface area contributed by atoms with Crippen LogP contribution < -0.4 is 5.14 Å². The molecule has 0 fully saturated rings. The van der Waals surface area contributed by atoms with E-state index in [-0.39, 0.29) is 9.93 Å². The van der Waals surface area contributed by atoms with Gasteiger partial charge in [0.2, 0.25) is 0 Å². The Morgan fingerprint density at radius 3 is 2.70 bits per heavy atom. The van der Waals surface area contributed by atoms with Gasteiger partial charge in [-0.1, -0.05) is 4.48 Å². The van der Waals surface area contributed by atoms with E-state index in [4.69, 9.17) is 9.92 Å². The molecular formula is C3H5FN4OS. The number of halogens is 1. The first-order valence-electron chi connectivity index (χ1n) is 2.28. The van der Waals surface area contributed by atoms with Crippen molar-refractivity contribution in [3.63, 3.8) is 0 Å². The fraction of sp³-hybridized carbons (Fsp3) is 0. The maximum Gasteiger partial charge on any atom is 0.174 e. The van der Waals surface area contributed by atoms with Gasteiger partial charge in [-0.05, 0) is 6.07 Å². The van der Waals surface area contributed by atoms with Crippen LogP contribution in [0.2, 0.25) is 0 Å². The summed E-state index contributed by atoms with van der Waals surface area (Å²) in [5.41, 5.74) is 0. The minimum Gasteiger partial charge on any atom is -0.240 e. The maximum absolute atomic E-state index is 12.0. The van der Waals surface area contributed by atoms with E-state index in [9.17, 15) is 8.69 Å². The zero-order chi connectivity index (χ0) is 7.78. The van der Waals surface area contributed by atoms with E-state index >= 15 is 0 Å². The molecule has 1 rings (SSSR count). The van der Waals surface area contributed by atoms with Gasteiger partial charge >= 0.3 is 0 Å². The molecule has 1 aromatic heterocycles. The molecule has 1 heterocycles. The second-order valence-corrected chi connectivity index (χ2v) is 3.26. The van der Waals surface area contributed by atoms with Crippen LogP contribution >= 0.6 is 0 Å². The Hall–Kier alpha value is -0.950. The summed E-state index contributed by atoms with van der Waals surface area (Å²) in [5.74, 6) is 0. The highest BCUT2D eigenvalue weighted by atomic mass is 32.2. The minimum atomic E-state index is -3.35. The van der Waals surface area contributed by atoms with Gasteiger partial charge in [0.25, 0.3) is 0 Å². The smallest absolute Gasteiger partial charge is 0.174 e. The summed E-state index contributed by atoms with van der Waals surface area (Å²) >= 11 is 0. The van der Waals surface area contributed by atoms with Crippen LogP contribution in [0.1, 0.15) is 0 Å². The molecule has 1 aromatic rings. The molecule has 0 amide bonds. The predicted molar refractivity (Wildman–Crippen MR) is 32.0 cm³/mol. The Labute approximate surface area is 56.7 Å². The van der Waals surface area contributed by atoms with Crippen molar-refractivity contribution >= 4 is 9.92 Å². The number of nitrogens with one attached hydrogen (secondary N) is 1. The van der Waals surface area contributed by atoms with Gasteiger partial charge in [0.1, 0.15) is 0 Å². The van der Waals surface area contributed by atoms with Crippen molar-refractivity contribution in [2.24, 2.45) is 5.14 Å². The zero-order valence-corrected chi connectivity index (χ0v) is 5.64. The highest BCUT2D eigenvalue weighted by Crippen LogP contribution is 2.01. The van der Waals surface area contributed by atoms with Crippen LogP contribution in [-0.4, -0.2) is 14.2 Å². The number of nitrogens with zero attached hydrogens (tertiary/aromatic N) is 2. The second kappa shape index (κ2) is 2.03. The Morgan fingerprint density at radius 1 is 1.90 bits per heavy atom. The van der Waals surface area contributed by atoms with Gasteiger partial charge in [-0.2, -0.15) is 0 Å². The third-order valence-corrected chi connectivity index (χ3v) is 1.68. The van der Waals surface area contributed by atoms with Crippen molar-refractivity contribution in [1.82, 2.24) is 10.0 Å². The predicted octanol–water partition coefficient (Wildman–Crippen LogP) is -0.105. The Morgan fingerprint density at radius 2 is 2.50 bits per heavy atom. The highest BCUT2D eigenvalue weighted by Gasteiger charge is 2.06. The van der Waals surface area contributed by atoms with Crippen molar-refractivity contribution in [3.05, 3.63) is 12.3 Å². The number of nitrogens with two attached hydrogens (primary N) is 1. The fourth-order valence-corrected chi connectivity index (χ4v) is 0.910. The Bertz CT molecular complexity index is 328. The van der Waals surface area contributed by atoms with Gasteiger partial charge in [0, 0.05) is 0 Å². The normalized spacial score (nSPS) is 16.6. The van der Waals surface area contributed by atoms with E-state index in [1.165, 1.54) is 0 Å². The van der Waals surface area contributed by atoms with Crippen LogP contribution in [0.3, 0.4) is 0 Å². The van der Waals surface area contributed by atoms with Crippen LogP contribution in [0.4, 0.5) is 4.48 Å². The summed E-state index contributed by atoms with van der Waals surface area (Å²) in [4.78, 5) is -0.0453. The summed E-state index contributed by atoms with van der Waals surface area (Å²) in [7, 11) is -3.35. The van der Waals surface area contributed by atoms with Gasteiger partial charge in [0.05, 0.1) is 6.20 Å². The van der Waals surface area contributed by atoms with Gasteiger partial charge < -0.3 is 0 Å².